The van der Waals surface area contributed by atoms with Gasteiger partial charge < -0.3 is 5.11 Å². The molecule has 0 spiro atoms. The average molecular weight is 118 g/mol. The SMILES string of the molecule is C.CC(=O)C(C)(C)O. The number of Topliss-reactive ketones (excluding diaryl/α,β-unsaturated/α-hetero) is 1. The second kappa shape index (κ2) is 2.82. The molecule has 0 fully saturated rings. The van der Waals surface area contributed by atoms with E-state index in [0.29, 0.717) is 0 Å². The van der Waals surface area contributed by atoms with Gasteiger partial charge in [0.1, 0.15) is 5.60 Å². The van der Waals surface area contributed by atoms with Crippen LogP contribution in [0.2, 0.25) is 0 Å². The highest BCUT2D eigenvalue weighted by molar-refractivity contribution is 5.83. The second-order valence-corrected chi connectivity index (χ2v) is 2.12. The maximum Gasteiger partial charge on any atom is 0.160 e. The Morgan fingerprint density at radius 1 is 1.50 bits per heavy atom. The molecule has 0 aliphatic carbocycles. The molecule has 0 aliphatic rings. The lowest BCUT2D eigenvalue weighted by Gasteiger charge is -2.10. The number of carbonyl (C=O) groups is 1. The van der Waals surface area contributed by atoms with Crippen LogP contribution < -0.4 is 0 Å². The number of ketones is 1. The molecule has 0 bridgehead atoms. The van der Waals surface area contributed by atoms with Gasteiger partial charge in [0.15, 0.2) is 5.78 Å². The fourth-order valence-electron chi connectivity index (χ4n) is 0. The first-order valence-electron chi connectivity index (χ1n) is 2.18. The Bertz CT molecular complexity index is 79.0. The quantitative estimate of drug-likeness (QED) is 0.557. The van der Waals surface area contributed by atoms with Crippen molar-refractivity contribution in [1.29, 1.82) is 0 Å². The van der Waals surface area contributed by atoms with Crippen LogP contribution in [-0.2, 0) is 4.79 Å². The van der Waals surface area contributed by atoms with Crippen LogP contribution in [0.25, 0.3) is 0 Å². The summed E-state index contributed by atoms with van der Waals surface area (Å²) >= 11 is 0. The first kappa shape index (κ1) is 10.6. The number of hydrogen-bond donors (Lipinski definition) is 1. The molecule has 0 rings (SSSR count). The Morgan fingerprint density at radius 2 is 1.62 bits per heavy atom. The van der Waals surface area contributed by atoms with Crippen molar-refractivity contribution in [3.63, 3.8) is 0 Å². The molecular weight excluding hydrogens is 104 g/mol. The lowest BCUT2D eigenvalue weighted by molar-refractivity contribution is -0.131. The fourth-order valence-corrected chi connectivity index (χ4v) is 0. The monoisotopic (exact) mass is 118 g/mol. The number of aliphatic hydroxyl groups is 1. The highest BCUT2D eigenvalue weighted by Crippen LogP contribution is 1.99. The van der Waals surface area contributed by atoms with E-state index in [1.807, 2.05) is 0 Å². The second-order valence-electron chi connectivity index (χ2n) is 2.12. The fraction of sp³-hybridized carbons (Fsp3) is 0.833. The molecule has 0 atom stereocenters. The van der Waals surface area contributed by atoms with Crippen LogP contribution in [0.15, 0.2) is 0 Å². The van der Waals surface area contributed by atoms with Gasteiger partial charge in [-0.25, -0.2) is 0 Å². The summed E-state index contributed by atoms with van der Waals surface area (Å²) in [6, 6.07) is 0. The molecule has 0 saturated carbocycles. The molecule has 0 radical (unpaired) electrons. The van der Waals surface area contributed by atoms with Gasteiger partial charge in [0, 0.05) is 0 Å². The van der Waals surface area contributed by atoms with Gasteiger partial charge in [-0.2, -0.15) is 0 Å². The molecule has 0 aliphatic heterocycles. The van der Waals surface area contributed by atoms with Crippen LogP contribution in [0.1, 0.15) is 28.2 Å². The summed E-state index contributed by atoms with van der Waals surface area (Å²) in [5.74, 6) is -0.201. The maximum atomic E-state index is 10.2. The Labute approximate surface area is 50.5 Å². The molecule has 0 aromatic carbocycles. The van der Waals surface area contributed by atoms with Crippen molar-refractivity contribution in [3.8, 4) is 0 Å². The molecule has 0 aromatic rings. The van der Waals surface area contributed by atoms with E-state index >= 15 is 0 Å². The van der Waals surface area contributed by atoms with Crippen LogP contribution in [-0.4, -0.2) is 16.5 Å². The van der Waals surface area contributed by atoms with Gasteiger partial charge >= 0.3 is 0 Å². The average Bonchev–Trinajstić information content (AvgIpc) is 1.31. The van der Waals surface area contributed by atoms with Gasteiger partial charge in [0.05, 0.1) is 0 Å². The van der Waals surface area contributed by atoms with Crippen LogP contribution in [0, 0.1) is 0 Å². The van der Waals surface area contributed by atoms with Crippen LogP contribution >= 0.6 is 0 Å². The predicted molar refractivity (Wildman–Crippen MR) is 33.7 cm³/mol. The van der Waals surface area contributed by atoms with Crippen molar-refractivity contribution in [2.75, 3.05) is 0 Å². The van der Waals surface area contributed by atoms with E-state index in [-0.39, 0.29) is 13.2 Å². The van der Waals surface area contributed by atoms with E-state index in [4.69, 9.17) is 5.11 Å². The molecule has 2 heteroatoms. The summed E-state index contributed by atoms with van der Waals surface area (Å²) in [5.41, 5.74) is -1.14. The summed E-state index contributed by atoms with van der Waals surface area (Å²) in [4.78, 5) is 10.2. The van der Waals surface area contributed by atoms with Crippen molar-refractivity contribution in [1.82, 2.24) is 0 Å². The zero-order valence-electron chi connectivity index (χ0n) is 4.86. The van der Waals surface area contributed by atoms with E-state index in [1.54, 1.807) is 0 Å². The van der Waals surface area contributed by atoms with Gasteiger partial charge in [-0.05, 0) is 20.8 Å². The molecule has 1 N–H and O–H groups in total. The topological polar surface area (TPSA) is 37.3 Å². The molecule has 0 aromatic heterocycles. The van der Waals surface area contributed by atoms with Crippen LogP contribution in [0.5, 0.6) is 0 Å². The minimum atomic E-state index is -1.14. The van der Waals surface area contributed by atoms with E-state index in [1.165, 1.54) is 20.8 Å². The smallest absolute Gasteiger partial charge is 0.160 e. The maximum absolute atomic E-state index is 10.2. The van der Waals surface area contributed by atoms with E-state index in [2.05, 4.69) is 0 Å². The van der Waals surface area contributed by atoms with E-state index < -0.39 is 5.60 Å². The van der Waals surface area contributed by atoms with E-state index in [0.717, 1.165) is 0 Å². The molecule has 0 heterocycles. The molecule has 50 valence electrons. The number of hydrogen-bond acceptors (Lipinski definition) is 2. The van der Waals surface area contributed by atoms with Gasteiger partial charge in [0.25, 0.3) is 0 Å². The number of carbonyl (C=O) groups excluding carboxylic acids is 1. The zero-order chi connectivity index (χ0) is 6.08. The summed E-state index contributed by atoms with van der Waals surface area (Å²) in [7, 11) is 0. The van der Waals surface area contributed by atoms with Gasteiger partial charge in [0.2, 0.25) is 0 Å². The van der Waals surface area contributed by atoms with Gasteiger partial charge in [-0.3, -0.25) is 4.79 Å². The third kappa shape index (κ3) is 3.81. The summed E-state index contributed by atoms with van der Waals surface area (Å²) in [6.07, 6.45) is 0. The molecule has 0 saturated heterocycles. The van der Waals surface area contributed by atoms with Crippen molar-refractivity contribution < 1.29 is 9.90 Å². The normalized spacial score (nSPS) is 10.0. The minimum Gasteiger partial charge on any atom is -0.383 e. The predicted octanol–water partition coefficient (Wildman–Crippen LogP) is 0.982. The summed E-state index contributed by atoms with van der Waals surface area (Å²) in [6.45, 7) is 4.30. The van der Waals surface area contributed by atoms with Crippen molar-refractivity contribution >= 4 is 5.78 Å². The molecule has 2 nitrogen and oxygen atoms in total. The van der Waals surface area contributed by atoms with Gasteiger partial charge in [-0.15, -0.1) is 0 Å². The third-order valence-electron chi connectivity index (χ3n) is 0.862. The first-order valence-corrected chi connectivity index (χ1v) is 2.18. The summed E-state index contributed by atoms with van der Waals surface area (Å²) < 4.78 is 0. The molecule has 0 amide bonds. The van der Waals surface area contributed by atoms with E-state index in [9.17, 15) is 4.79 Å². The zero-order valence-corrected chi connectivity index (χ0v) is 4.86. The van der Waals surface area contributed by atoms with Crippen molar-refractivity contribution in [3.05, 3.63) is 0 Å². The number of rotatable bonds is 1. The largest absolute Gasteiger partial charge is 0.383 e. The Morgan fingerprint density at radius 3 is 1.62 bits per heavy atom. The van der Waals surface area contributed by atoms with Crippen LogP contribution in [0.3, 0.4) is 0 Å². The molecule has 8 heavy (non-hydrogen) atoms. The Balaban J connectivity index is 0. The standard InChI is InChI=1S/C5H10O2.CH4/c1-4(6)5(2,3)7;/h7H,1-3H3;1H4. The Hall–Kier alpha value is -0.370. The molecule has 0 unspecified atom stereocenters. The summed E-state index contributed by atoms with van der Waals surface area (Å²) in [5, 5.41) is 8.75. The van der Waals surface area contributed by atoms with Gasteiger partial charge in [-0.1, -0.05) is 7.43 Å². The first-order chi connectivity index (χ1) is 2.94. The third-order valence-corrected chi connectivity index (χ3v) is 0.862. The van der Waals surface area contributed by atoms with Crippen molar-refractivity contribution in [2.45, 2.75) is 33.8 Å². The van der Waals surface area contributed by atoms with Crippen molar-refractivity contribution in [2.24, 2.45) is 0 Å². The lowest BCUT2D eigenvalue weighted by atomic mass is 10.1. The Kier molecular flexibility index (Phi) is 3.73. The van der Waals surface area contributed by atoms with Crippen LogP contribution in [0.4, 0.5) is 0 Å². The lowest BCUT2D eigenvalue weighted by Crippen LogP contribution is -2.27. The minimum absolute atomic E-state index is 0. The highest BCUT2D eigenvalue weighted by atomic mass is 16.3. The molecular formula is C6H14O2. The highest BCUT2D eigenvalue weighted by Gasteiger charge is 2.17.